The number of carbonyl (C=O) groups excluding carboxylic acids is 3. The molecular weight excluding hydrogens is 1990 g/mol. The van der Waals surface area contributed by atoms with E-state index in [4.69, 9.17) is 69.2 Å². The Kier molecular flexibility index (Phi) is 66.2. The number of urea groups is 1. The summed E-state index contributed by atoms with van der Waals surface area (Å²) >= 11 is 5.95. The number of ether oxygens (including phenoxy) is 10. The predicted octanol–water partition coefficient (Wildman–Crippen LogP) is 13.4. The Bertz CT molecular complexity index is 5510. The second-order valence-corrected chi connectivity index (χ2v) is 35.8. The van der Waals surface area contributed by atoms with Crippen LogP contribution in [0.2, 0.25) is 5.02 Å². The van der Waals surface area contributed by atoms with Crippen molar-refractivity contribution in [3.8, 4) is 57.5 Å². The first-order chi connectivity index (χ1) is 70.1. The number of aliphatic hydroxyl groups is 5. The largest absolute Gasteiger partial charge is 1.00 e. The van der Waals surface area contributed by atoms with Crippen molar-refractivity contribution in [2.75, 3.05) is 122 Å². The van der Waals surface area contributed by atoms with Gasteiger partial charge in [0.2, 0.25) is 0 Å². The third-order valence-corrected chi connectivity index (χ3v) is 23.0. The monoisotopic (exact) mass is 2130 g/mol. The Hall–Kier alpha value is -12.1. The predicted molar refractivity (Wildman–Crippen MR) is 570 cm³/mol. The number of aryl methyl sites for hydroxylation is 1. The van der Waals surface area contributed by atoms with Gasteiger partial charge < -0.3 is 125 Å². The van der Waals surface area contributed by atoms with Gasteiger partial charge >= 0.3 is 47.5 Å². The van der Waals surface area contributed by atoms with Gasteiger partial charge in [0.15, 0.2) is 13.2 Å². The van der Waals surface area contributed by atoms with E-state index in [-0.39, 0.29) is 116 Å². The third kappa shape index (κ3) is 58.6. The van der Waals surface area contributed by atoms with E-state index in [1.54, 1.807) is 141 Å². The maximum Gasteiger partial charge on any atom is 1.00 e. The summed E-state index contributed by atoms with van der Waals surface area (Å²) in [5.41, 5.74) is 5.73. The molecule has 0 aliphatic heterocycles. The molecule has 0 unspecified atom stereocenters. The van der Waals surface area contributed by atoms with Crippen LogP contribution < -0.4 is 109 Å². The molecule has 0 saturated carbocycles. The van der Waals surface area contributed by atoms with E-state index in [0.29, 0.717) is 142 Å². The number of rotatable bonds is 62. The van der Waals surface area contributed by atoms with Gasteiger partial charge in [0.1, 0.15) is 109 Å². The van der Waals surface area contributed by atoms with E-state index >= 15 is 0 Å². The topological polar surface area (TPSA) is 469 Å². The van der Waals surface area contributed by atoms with E-state index in [2.05, 4.69) is 45.2 Å². The zero-order valence-electron chi connectivity index (χ0n) is 84.0. The fourth-order valence-electron chi connectivity index (χ4n) is 13.6. The Morgan fingerprint density at radius 1 is 0.405 bits per heavy atom. The molecule has 798 valence electrons. The molecular formula is C111H140Cl3N6NaO26S. The zero-order valence-corrected chi connectivity index (χ0v) is 89.3. The summed E-state index contributed by atoms with van der Waals surface area (Å²) in [5, 5.41) is 102. The third-order valence-electron chi connectivity index (χ3n) is 21.3. The Labute approximate surface area is 907 Å². The van der Waals surface area contributed by atoms with Crippen LogP contribution in [0.3, 0.4) is 0 Å². The summed E-state index contributed by atoms with van der Waals surface area (Å²) in [5.74, 6) is 2.99. The van der Waals surface area contributed by atoms with Crippen LogP contribution in [0.5, 0.6) is 57.5 Å². The van der Waals surface area contributed by atoms with Crippen molar-refractivity contribution >= 4 is 87.7 Å². The summed E-state index contributed by atoms with van der Waals surface area (Å²) in [7, 11) is -2.21. The van der Waals surface area contributed by atoms with Gasteiger partial charge in [-0.1, -0.05) is 166 Å². The average Bonchev–Trinajstić information content (AvgIpc) is 0.819. The molecule has 11 aromatic rings. The van der Waals surface area contributed by atoms with Crippen LogP contribution in [0.25, 0.3) is 0 Å². The molecule has 0 aliphatic rings. The van der Waals surface area contributed by atoms with Crippen molar-refractivity contribution in [2.24, 2.45) is 5.92 Å². The quantitative estimate of drug-likeness (QED) is 0.0124. The number of methoxy groups -OCH3 is 1. The summed E-state index contributed by atoms with van der Waals surface area (Å²) in [4.78, 5) is 55.1. The maximum absolute atomic E-state index is 12.8. The summed E-state index contributed by atoms with van der Waals surface area (Å²) in [6.45, 7) is 8.99. The molecule has 11 aromatic carbocycles. The van der Waals surface area contributed by atoms with Crippen LogP contribution in [0, 0.1) is 5.92 Å². The molecule has 37 heteroatoms. The maximum atomic E-state index is 12.8. The number of hydrogen-bond acceptors (Lipinski definition) is 26. The summed E-state index contributed by atoms with van der Waals surface area (Å²) < 4.78 is 81.9. The van der Waals surface area contributed by atoms with Crippen molar-refractivity contribution in [3.05, 3.63) is 318 Å². The van der Waals surface area contributed by atoms with Gasteiger partial charge in [0, 0.05) is 62.8 Å². The molecule has 0 heterocycles. The Balaban J connectivity index is 0.000000389. The van der Waals surface area contributed by atoms with Crippen LogP contribution in [-0.2, 0) is 53.2 Å². The minimum absolute atomic E-state index is 0. The first-order valence-electron chi connectivity index (χ1n) is 48.3. The number of nitrogens with one attached hydrogen (secondary N) is 6. The number of para-hydroxylation sites is 2. The Morgan fingerprint density at radius 2 is 0.858 bits per heavy atom. The second-order valence-electron chi connectivity index (χ2n) is 33.6. The van der Waals surface area contributed by atoms with Crippen LogP contribution in [0.15, 0.2) is 290 Å². The summed E-state index contributed by atoms with van der Waals surface area (Å²) in [6, 6.07) is 83.2. The van der Waals surface area contributed by atoms with E-state index in [0.717, 1.165) is 116 Å². The smallest absolute Gasteiger partial charge is 0.546 e. The molecule has 0 fully saturated rings. The van der Waals surface area contributed by atoms with Crippen LogP contribution in [-0.4, -0.2) is 210 Å². The first kappa shape index (κ1) is 128. The van der Waals surface area contributed by atoms with Crippen molar-refractivity contribution in [2.45, 2.75) is 146 Å². The number of hydrogen-bond donors (Lipinski definition) is 14. The number of aliphatic hydroxyl groups excluding tert-OH is 5. The first-order valence-corrected chi connectivity index (χ1v) is 50.2. The van der Waals surface area contributed by atoms with Crippen LogP contribution in [0.1, 0.15) is 131 Å². The van der Waals surface area contributed by atoms with Crippen molar-refractivity contribution in [1.82, 2.24) is 21.3 Å². The molecule has 14 N–H and O–H groups in total. The van der Waals surface area contributed by atoms with Gasteiger partial charge in [-0.05, 0) is 268 Å². The second kappa shape index (κ2) is 76.4. The van der Waals surface area contributed by atoms with Crippen molar-refractivity contribution in [3.63, 3.8) is 0 Å². The van der Waals surface area contributed by atoms with Gasteiger partial charge in [-0.3, -0.25) is 14.3 Å². The van der Waals surface area contributed by atoms with Crippen molar-refractivity contribution in [1.29, 1.82) is 0 Å². The molecule has 0 aliphatic carbocycles. The molecule has 0 saturated heterocycles. The molecule has 0 bridgehead atoms. The molecule has 11 rings (SSSR count). The molecule has 6 atom stereocenters. The minimum atomic E-state index is -3.78. The average molecular weight is 2140 g/mol. The van der Waals surface area contributed by atoms with Gasteiger partial charge in [0.25, 0.3) is 15.9 Å². The normalized spacial score (nSPS) is 11.8. The number of phenols is 1. The van der Waals surface area contributed by atoms with Gasteiger partial charge in [-0.2, -0.15) is 0 Å². The SMILES string of the molecule is CCCCCCNC(=O)Nc1ccc(S(=O)(=O)Nc2ccc(CCCC[C@H](O)COc3ccc(O)cc3)cc2)cc1.COCCNC(=O)COc1ccc(OCCNC[C@H](O)COc2ccccc2)cc1.C[C@@H](CC[C@H](O)c1cccc(Cl)c1)Cc1ccc(OCC(=O)[O-])cc1.Cl.Cl.O=C(O)COc1ccc(OCCNC[C@H](O)COc2ccccc2)cc1.O=C(O)Cc1ccc(OCCCC[C@H](O)c2ccccc2)cc1.[Na+]. The van der Waals surface area contributed by atoms with Crippen LogP contribution >= 0.6 is 36.4 Å². The molecule has 3 amide bonds. The van der Waals surface area contributed by atoms with Gasteiger partial charge in [0.05, 0.1) is 48.8 Å². The van der Waals surface area contributed by atoms with E-state index in [1.165, 1.54) is 24.3 Å². The number of halogens is 3. The number of benzene rings is 11. The van der Waals surface area contributed by atoms with E-state index in [1.807, 2.05) is 127 Å². The fourth-order valence-corrected chi connectivity index (χ4v) is 14.9. The summed E-state index contributed by atoms with van der Waals surface area (Å²) in [6.07, 6.45) is 9.57. The number of anilines is 2. The number of sulfonamides is 1. The van der Waals surface area contributed by atoms with E-state index < -0.39 is 65.1 Å². The standard InChI is InChI=1S/C31H41N3O6S.C22H30N2O6.C20H23ClO4.C19H23NO6.C19H22O4.2ClH.Na/c1-2-3-4-7-22-32-31(37)33-25-14-20-30(21-15-25)41(38,39)34-26-12-10-24(11-13-26)8-5-6-9-28(36)23-40-29-18-16-27(35)17-19-29;1-27-13-12-24-22(26)17-30-21-9-7-20(8-10-21)28-14-11-23-15-18(25)16-29-19-5-3-2-4-6-19;1-14(5-10-19(22)16-3-2-4-17(21)12-16)11-15-6-8-18(9-7-15)25-13-20(23)24;21-15(13-25-16-4-2-1-3-5-16)12-20-10-11-24-17-6-8-18(9-7-17)26-14-19(22)23;20-18(16-6-2-1-3-7-16)8-4-5-13-23-17-11-9-15(10-12-17)14-19(21)22;;;/h10-21,28,34-36H,2-9,22-23H2,1H3,(H2,32,33,37);2-10,18,23,25H,11-17H2,1H3,(H,24,26);2-4,6-9,12,14,19,22H,5,10-11,13H2,1H3,(H,23,24);1-9,15,20-21H,10-14H2,(H,22,23);1-3,6-7,9-12,18,20H,4-5,8,13-14H2,(H,21,22);2*1H;/q;;;;;;;+1/p-1/t28-;18-;14-,19-;15-;18-;;;/m00000.../s1. The molecule has 0 radical (unpaired) electrons. The van der Waals surface area contributed by atoms with Gasteiger partial charge in [-0.15, -0.1) is 24.8 Å². The van der Waals surface area contributed by atoms with Crippen LogP contribution in [0.4, 0.5) is 16.2 Å². The van der Waals surface area contributed by atoms with Crippen molar-refractivity contribution < 1.29 is 155 Å². The minimum Gasteiger partial charge on any atom is -0.546 e. The molecule has 0 spiro atoms. The molecule has 32 nitrogen and oxygen atoms in total. The van der Waals surface area contributed by atoms with E-state index in [9.17, 15) is 68.1 Å². The number of aromatic hydroxyl groups is 1. The fraction of sp³-hybridized carbons (Fsp3) is 0.360. The molecule has 148 heavy (non-hydrogen) atoms. The number of carbonyl (C=O) groups is 5. The number of aliphatic carboxylic acids is 3. The molecule has 0 aromatic heterocycles. The zero-order chi connectivity index (χ0) is 104. The Morgan fingerprint density at radius 3 is 1.38 bits per heavy atom. The number of unbranched alkanes of at least 4 members (excludes halogenated alkanes) is 5. The van der Waals surface area contributed by atoms with Gasteiger partial charge in [-0.25, -0.2) is 18.0 Å². The number of amides is 3. The number of carboxylic acid groups (broad SMARTS) is 3. The number of carboxylic acids is 3. The number of phenolic OH excluding ortho intramolecular Hbond substituents is 1.